The molecule has 0 amide bonds. The van der Waals surface area contributed by atoms with Crippen LogP contribution < -0.4 is 5.32 Å². The fourth-order valence-electron chi connectivity index (χ4n) is 1.95. The Hall–Kier alpha value is -1.07. The summed E-state index contributed by atoms with van der Waals surface area (Å²) in [6.45, 7) is 5.71. The molecule has 0 spiro atoms. The summed E-state index contributed by atoms with van der Waals surface area (Å²) in [6, 6.07) is 6.81. The minimum atomic E-state index is -3.25. The second-order valence-corrected chi connectivity index (χ2v) is 7.25. The highest BCUT2D eigenvalue weighted by atomic mass is 32.2. The van der Waals surface area contributed by atoms with Gasteiger partial charge in [0.05, 0.1) is 21.9 Å². The van der Waals surface area contributed by atoms with Gasteiger partial charge in [-0.1, -0.05) is 32.4 Å². The number of rotatable bonds is 7. The van der Waals surface area contributed by atoms with Crippen LogP contribution in [0.3, 0.4) is 0 Å². The molecular formula is C14H23NO3S. The van der Waals surface area contributed by atoms with Crippen molar-refractivity contribution in [3.05, 3.63) is 24.3 Å². The maximum atomic E-state index is 12.0. The van der Waals surface area contributed by atoms with E-state index in [9.17, 15) is 13.5 Å². The predicted molar refractivity (Wildman–Crippen MR) is 78.2 cm³/mol. The molecule has 2 N–H and O–H groups in total. The van der Waals surface area contributed by atoms with Gasteiger partial charge in [-0.15, -0.1) is 0 Å². The van der Waals surface area contributed by atoms with Crippen LogP contribution in [0.25, 0.3) is 0 Å². The first-order valence-electron chi connectivity index (χ1n) is 6.60. The van der Waals surface area contributed by atoms with Gasteiger partial charge in [0, 0.05) is 6.54 Å². The van der Waals surface area contributed by atoms with Crippen LogP contribution in [-0.4, -0.2) is 31.4 Å². The van der Waals surface area contributed by atoms with Crippen molar-refractivity contribution in [2.24, 2.45) is 0 Å². The highest BCUT2D eigenvalue weighted by molar-refractivity contribution is 7.91. The van der Waals surface area contributed by atoms with Crippen LogP contribution in [-0.2, 0) is 9.84 Å². The van der Waals surface area contributed by atoms with E-state index in [4.69, 9.17) is 0 Å². The molecule has 1 aromatic rings. The number of para-hydroxylation sites is 1. The summed E-state index contributed by atoms with van der Waals surface area (Å²) in [6.07, 6.45) is 1.55. The minimum absolute atomic E-state index is 0.0665. The summed E-state index contributed by atoms with van der Waals surface area (Å²) in [5, 5.41) is 13.2. The van der Waals surface area contributed by atoms with Gasteiger partial charge >= 0.3 is 0 Å². The van der Waals surface area contributed by atoms with Crippen LogP contribution in [0, 0.1) is 0 Å². The number of anilines is 1. The standard InChI is InChI=1S/C14H23NO3S/c1-4-10-14(3,16)11-15-12-8-6-7-9-13(12)19(17,18)5-2/h6-9,15-16H,4-5,10-11H2,1-3H3. The number of hydrogen-bond donors (Lipinski definition) is 2. The Labute approximate surface area is 115 Å². The summed E-state index contributed by atoms with van der Waals surface area (Å²) in [5.41, 5.74) is -0.279. The van der Waals surface area contributed by atoms with Crippen molar-refractivity contribution in [3.8, 4) is 0 Å². The zero-order valence-corrected chi connectivity index (χ0v) is 12.6. The SMILES string of the molecule is CCCC(C)(O)CNc1ccccc1S(=O)(=O)CC. The fourth-order valence-corrected chi connectivity index (χ4v) is 3.02. The average Bonchev–Trinajstić information content (AvgIpc) is 2.37. The van der Waals surface area contributed by atoms with Gasteiger partial charge in [-0.05, 0) is 25.5 Å². The zero-order valence-electron chi connectivity index (χ0n) is 11.8. The van der Waals surface area contributed by atoms with Gasteiger partial charge in [0.15, 0.2) is 9.84 Å². The van der Waals surface area contributed by atoms with Crippen LogP contribution in [0.1, 0.15) is 33.6 Å². The monoisotopic (exact) mass is 285 g/mol. The molecule has 5 heteroatoms. The summed E-state index contributed by atoms with van der Waals surface area (Å²) < 4.78 is 23.9. The maximum absolute atomic E-state index is 12.0. The number of benzene rings is 1. The van der Waals surface area contributed by atoms with Crippen molar-refractivity contribution in [1.29, 1.82) is 0 Å². The molecule has 0 bridgehead atoms. The predicted octanol–water partition coefficient (Wildman–Crippen LogP) is 2.44. The summed E-state index contributed by atoms with van der Waals surface area (Å²) >= 11 is 0. The van der Waals surface area contributed by atoms with Crippen molar-refractivity contribution in [1.82, 2.24) is 0 Å². The van der Waals surface area contributed by atoms with Gasteiger partial charge < -0.3 is 10.4 Å². The first-order valence-corrected chi connectivity index (χ1v) is 8.25. The topological polar surface area (TPSA) is 66.4 Å². The lowest BCUT2D eigenvalue weighted by Gasteiger charge is -2.24. The van der Waals surface area contributed by atoms with E-state index in [1.54, 1.807) is 38.1 Å². The Kier molecular flexibility index (Phi) is 5.38. The summed E-state index contributed by atoms with van der Waals surface area (Å²) in [5.74, 6) is 0.0665. The zero-order chi connectivity index (χ0) is 14.5. The Bertz CT molecular complexity index is 509. The summed E-state index contributed by atoms with van der Waals surface area (Å²) in [4.78, 5) is 0.296. The van der Waals surface area contributed by atoms with Gasteiger partial charge in [-0.25, -0.2) is 8.42 Å². The first-order chi connectivity index (χ1) is 8.82. The molecule has 1 atom stereocenters. The molecule has 108 valence electrons. The largest absolute Gasteiger partial charge is 0.388 e. The number of aliphatic hydroxyl groups is 1. The van der Waals surface area contributed by atoms with E-state index in [2.05, 4.69) is 5.32 Å². The molecule has 0 saturated heterocycles. The van der Waals surface area contributed by atoms with E-state index in [1.807, 2.05) is 6.92 Å². The maximum Gasteiger partial charge on any atom is 0.180 e. The van der Waals surface area contributed by atoms with Crippen molar-refractivity contribution < 1.29 is 13.5 Å². The second kappa shape index (κ2) is 6.39. The molecule has 0 heterocycles. The number of sulfone groups is 1. The fraction of sp³-hybridized carbons (Fsp3) is 0.571. The smallest absolute Gasteiger partial charge is 0.180 e. The third-order valence-electron chi connectivity index (χ3n) is 3.05. The molecule has 0 aliphatic heterocycles. The molecule has 0 aliphatic carbocycles. The molecule has 0 fully saturated rings. The quantitative estimate of drug-likeness (QED) is 0.807. The van der Waals surface area contributed by atoms with Crippen LogP contribution in [0.4, 0.5) is 5.69 Å². The molecule has 4 nitrogen and oxygen atoms in total. The molecule has 0 radical (unpaired) electrons. The molecule has 1 unspecified atom stereocenters. The Morgan fingerprint density at radius 2 is 1.89 bits per heavy atom. The van der Waals surface area contributed by atoms with E-state index >= 15 is 0 Å². The molecular weight excluding hydrogens is 262 g/mol. The van der Waals surface area contributed by atoms with E-state index in [0.29, 0.717) is 23.5 Å². The van der Waals surface area contributed by atoms with Crippen molar-refractivity contribution >= 4 is 15.5 Å². The molecule has 19 heavy (non-hydrogen) atoms. The van der Waals surface area contributed by atoms with Crippen LogP contribution in [0.2, 0.25) is 0 Å². The molecule has 0 aromatic heterocycles. The van der Waals surface area contributed by atoms with Crippen molar-refractivity contribution in [2.45, 2.75) is 44.1 Å². The molecule has 1 aromatic carbocycles. The van der Waals surface area contributed by atoms with E-state index < -0.39 is 15.4 Å². The Morgan fingerprint density at radius 3 is 2.47 bits per heavy atom. The second-order valence-electron chi connectivity index (χ2n) is 5.00. The van der Waals surface area contributed by atoms with Gasteiger partial charge in [-0.2, -0.15) is 0 Å². The Balaban J connectivity index is 2.91. The van der Waals surface area contributed by atoms with Gasteiger partial charge in [0.25, 0.3) is 0 Å². The summed E-state index contributed by atoms with van der Waals surface area (Å²) in [7, 11) is -3.25. The molecule has 0 saturated carbocycles. The first kappa shape index (κ1) is 16.0. The Morgan fingerprint density at radius 1 is 1.26 bits per heavy atom. The van der Waals surface area contributed by atoms with E-state index in [1.165, 1.54) is 0 Å². The van der Waals surface area contributed by atoms with Gasteiger partial charge in [-0.3, -0.25) is 0 Å². The van der Waals surface area contributed by atoms with Crippen LogP contribution in [0.15, 0.2) is 29.2 Å². The molecule has 1 rings (SSSR count). The highest BCUT2D eigenvalue weighted by Crippen LogP contribution is 2.23. The third-order valence-corrected chi connectivity index (χ3v) is 4.84. The van der Waals surface area contributed by atoms with Crippen LogP contribution >= 0.6 is 0 Å². The van der Waals surface area contributed by atoms with Gasteiger partial charge in [0.1, 0.15) is 0 Å². The molecule has 0 aliphatic rings. The third kappa shape index (κ3) is 4.51. The number of hydrogen-bond acceptors (Lipinski definition) is 4. The minimum Gasteiger partial charge on any atom is -0.388 e. The average molecular weight is 285 g/mol. The lowest BCUT2D eigenvalue weighted by atomic mass is 10.0. The van der Waals surface area contributed by atoms with E-state index in [-0.39, 0.29) is 5.75 Å². The lowest BCUT2D eigenvalue weighted by molar-refractivity contribution is 0.0636. The number of nitrogens with one attached hydrogen (secondary N) is 1. The van der Waals surface area contributed by atoms with Crippen molar-refractivity contribution in [3.63, 3.8) is 0 Å². The van der Waals surface area contributed by atoms with E-state index in [0.717, 1.165) is 6.42 Å². The normalized spacial score (nSPS) is 14.9. The van der Waals surface area contributed by atoms with Gasteiger partial charge in [0.2, 0.25) is 0 Å². The lowest BCUT2D eigenvalue weighted by Crippen LogP contribution is -2.33. The van der Waals surface area contributed by atoms with Crippen LogP contribution in [0.5, 0.6) is 0 Å². The van der Waals surface area contributed by atoms with Crippen molar-refractivity contribution in [2.75, 3.05) is 17.6 Å². The highest BCUT2D eigenvalue weighted by Gasteiger charge is 2.21.